The number of nitrogens with one attached hydrogen (secondary N) is 2. The molecule has 1 fully saturated rings. The number of carbonyl (C=O) groups is 2. The average molecular weight is 355 g/mol. The molecule has 5 heteroatoms. The highest BCUT2D eigenvalue weighted by Gasteiger charge is 2.32. The molecule has 0 unspecified atom stereocenters. The lowest BCUT2D eigenvalue weighted by molar-refractivity contribution is -0.127. The van der Waals surface area contributed by atoms with E-state index in [1.165, 1.54) is 6.42 Å². The van der Waals surface area contributed by atoms with E-state index in [4.69, 9.17) is 4.74 Å². The van der Waals surface area contributed by atoms with Crippen molar-refractivity contribution in [1.29, 1.82) is 0 Å². The summed E-state index contributed by atoms with van der Waals surface area (Å²) in [6.45, 7) is 12.7. The topological polar surface area (TPSA) is 67.4 Å². The minimum Gasteiger partial charge on any atom is -0.444 e. The Balaban J connectivity index is 2.15. The second kappa shape index (κ2) is 9.44. The number of amides is 2. The van der Waals surface area contributed by atoms with Crippen molar-refractivity contribution in [2.24, 2.45) is 11.3 Å². The van der Waals surface area contributed by atoms with E-state index in [2.05, 4.69) is 31.4 Å². The number of hydrogen-bond acceptors (Lipinski definition) is 3. The minimum absolute atomic E-state index is 0.167. The predicted octanol–water partition coefficient (Wildman–Crippen LogP) is 4.40. The molecule has 0 aromatic heterocycles. The van der Waals surface area contributed by atoms with Gasteiger partial charge >= 0.3 is 6.09 Å². The first-order chi connectivity index (χ1) is 11.5. The molecule has 1 aliphatic carbocycles. The average Bonchev–Trinajstić information content (AvgIpc) is 2.43. The molecule has 0 saturated heterocycles. The summed E-state index contributed by atoms with van der Waals surface area (Å²) in [6.07, 6.45) is 6.79. The van der Waals surface area contributed by atoms with E-state index >= 15 is 0 Å². The SMILES string of the molecule is C[C@@H](CCCCNC(=O)OC(C)(C)C)NC(=O)[C@H]1CCCC(C)(C)C1. The van der Waals surface area contributed by atoms with Crippen LogP contribution in [0.25, 0.3) is 0 Å². The first-order valence-corrected chi connectivity index (χ1v) is 9.76. The molecule has 1 rings (SSSR count). The molecule has 0 aliphatic heterocycles. The molecule has 2 atom stereocenters. The predicted molar refractivity (Wildman–Crippen MR) is 101 cm³/mol. The van der Waals surface area contributed by atoms with Crippen molar-refractivity contribution in [3.8, 4) is 0 Å². The summed E-state index contributed by atoms with van der Waals surface area (Å²) in [5, 5.41) is 5.93. The summed E-state index contributed by atoms with van der Waals surface area (Å²) < 4.78 is 5.19. The van der Waals surface area contributed by atoms with Crippen molar-refractivity contribution in [3.63, 3.8) is 0 Å². The summed E-state index contributed by atoms with van der Waals surface area (Å²) in [5.74, 6) is 0.382. The van der Waals surface area contributed by atoms with Crippen LogP contribution in [0.3, 0.4) is 0 Å². The fraction of sp³-hybridized carbons (Fsp3) is 0.900. The van der Waals surface area contributed by atoms with Crippen LogP contribution in [-0.2, 0) is 9.53 Å². The number of hydrogen-bond donors (Lipinski definition) is 2. The van der Waals surface area contributed by atoms with E-state index in [0.717, 1.165) is 38.5 Å². The van der Waals surface area contributed by atoms with Gasteiger partial charge in [0.15, 0.2) is 0 Å². The first-order valence-electron chi connectivity index (χ1n) is 9.76. The standard InChI is InChI=1S/C20H38N2O3/c1-15(10-7-8-13-21-18(24)25-19(2,3)4)22-17(23)16-11-9-12-20(5,6)14-16/h15-16H,7-14H2,1-6H3,(H,21,24)(H,22,23)/t15-,16-/m0/s1. The molecule has 5 nitrogen and oxygen atoms in total. The summed E-state index contributed by atoms with van der Waals surface area (Å²) in [7, 11) is 0. The van der Waals surface area contributed by atoms with Gasteiger partial charge in [-0.15, -0.1) is 0 Å². The van der Waals surface area contributed by atoms with Gasteiger partial charge < -0.3 is 15.4 Å². The fourth-order valence-electron chi connectivity index (χ4n) is 3.43. The smallest absolute Gasteiger partial charge is 0.407 e. The number of ether oxygens (including phenoxy) is 1. The largest absolute Gasteiger partial charge is 0.444 e. The molecule has 0 aromatic rings. The Morgan fingerprint density at radius 2 is 1.92 bits per heavy atom. The molecule has 0 heterocycles. The van der Waals surface area contributed by atoms with Crippen LogP contribution in [0.5, 0.6) is 0 Å². The number of rotatable bonds is 7. The van der Waals surface area contributed by atoms with Crippen LogP contribution in [-0.4, -0.2) is 30.2 Å². The van der Waals surface area contributed by atoms with Gasteiger partial charge in [-0.05, 0) is 71.6 Å². The highest BCUT2D eigenvalue weighted by Crippen LogP contribution is 2.38. The molecule has 25 heavy (non-hydrogen) atoms. The Bertz CT molecular complexity index is 441. The Morgan fingerprint density at radius 3 is 2.52 bits per heavy atom. The van der Waals surface area contributed by atoms with Gasteiger partial charge in [-0.25, -0.2) is 4.79 Å². The van der Waals surface area contributed by atoms with Crippen molar-refractivity contribution in [3.05, 3.63) is 0 Å². The van der Waals surface area contributed by atoms with Gasteiger partial charge in [0.25, 0.3) is 0 Å². The molecule has 0 spiro atoms. The third-order valence-electron chi connectivity index (χ3n) is 4.70. The maximum Gasteiger partial charge on any atom is 0.407 e. The Labute approximate surface area is 153 Å². The van der Waals surface area contributed by atoms with Gasteiger partial charge in [0.05, 0.1) is 0 Å². The van der Waals surface area contributed by atoms with Gasteiger partial charge in [-0.2, -0.15) is 0 Å². The van der Waals surface area contributed by atoms with E-state index in [1.807, 2.05) is 20.8 Å². The van der Waals surface area contributed by atoms with Crippen molar-refractivity contribution in [1.82, 2.24) is 10.6 Å². The Kier molecular flexibility index (Phi) is 8.23. The normalized spacial score (nSPS) is 21.3. The van der Waals surface area contributed by atoms with E-state index in [9.17, 15) is 9.59 Å². The van der Waals surface area contributed by atoms with E-state index in [-0.39, 0.29) is 29.4 Å². The van der Waals surface area contributed by atoms with Crippen LogP contribution >= 0.6 is 0 Å². The van der Waals surface area contributed by atoms with Gasteiger partial charge in [-0.1, -0.05) is 20.3 Å². The molecule has 1 saturated carbocycles. The lowest BCUT2D eigenvalue weighted by Gasteiger charge is -2.34. The summed E-state index contributed by atoms with van der Waals surface area (Å²) in [6, 6.07) is 0.180. The molecule has 2 amide bonds. The van der Waals surface area contributed by atoms with Crippen LogP contribution in [0.1, 0.15) is 86.5 Å². The molecule has 0 radical (unpaired) electrons. The molecule has 1 aliphatic rings. The lowest BCUT2D eigenvalue weighted by Crippen LogP contribution is -2.40. The molecule has 146 valence electrons. The van der Waals surface area contributed by atoms with Crippen LogP contribution in [0.4, 0.5) is 4.79 Å². The van der Waals surface area contributed by atoms with E-state index in [0.29, 0.717) is 6.54 Å². The zero-order chi connectivity index (χ0) is 19.1. The quantitative estimate of drug-likeness (QED) is 0.666. The van der Waals surface area contributed by atoms with Crippen LogP contribution in [0.15, 0.2) is 0 Å². The molecular weight excluding hydrogens is 316 g/mol. The van der Waals surface area contributed by atoms with Crippen molar-refractivity contribution >= 4 is 12.0 Å². The van der Waals surface area contributed by atoms with Gasteiger partial charge in [-0.3, -0.25) is 4.79 Å². The fourth-order valence-corrected chi connectivity index (χ4v) is 3.43. The van der Waals surface area contributed by atoms with Crippen molar-refractivity contribution < 1.29 is 14.3 Å². The van der Waals surface area contributed by atoms with Crippen LogP contribution in [0.2, 0.25) is 0 Å². The van der Waals surface area contributed by atoms with Crippen molar-refractivity contribution in [2.45, 2.75) is 98.1 Å². The molecule has 0 aromatic carbocycles. The number of unbranched alkanes of at least 4 members (excludes halogenated alkanes) is 1. The van der Waals surface area contributed by atoms with E-state index < -0.39 is 5.60 Å². The Morgan fingerprint density at radius 1 is 1.24 bits per heavy atom. The van der Waals surface area contributed by atoms with Crippen molar-refractivity contribution in [2.75, 3.05) is 6.54 Å². The zero-order valence-electron chi connectivity index (χ0n) is 17.0. The number of alkyl carbamates (subject to hydrolysis) is 1. The third kappa shape index (κ3) is 9.71. The Hall–Kier alpha value is -1.26. The second-order valence-electron chi connectivity index (χ2n) is 9.29. The minimum atomic E-state index is -0.462. The summed E-state index contributed by atoms with van der Waals surface area (Å²) >= 11 is 0. The van der Waals surface area contributed by atoms with Gasteiger partial charge in [0, 0.05) is 18.5 Å². The second-order valence-corrected chi connectivity index (χ2v) is 9.29. The molecule has 2 N–H and O–H groups in total. The zero-order valence-corrected chi connectivity index (χ0v) is 17.0. The monoisotopic (exact) mass is 354 g/mol. The van der Waals surface area contributed by atoms with Gasteiger partial charge in [0.1, 0.15) is 5.60 Å². The van der Waals surface area contributed by atoms with Crippen LogP contribution in [0, 0.1) is 11.3 Å². The highest BCUT2D eigenvalue weighted by atomic mass is 16.6. The maximum atomic E-state index is 12.4. The molecule has 0 bridgehead atoms. The summed E-state index contributed by atoms with van der Waals surface area (Å²) in [5.41, 5.74) is -0.173. The maximum absolute atomic E-state index is 12.4. The summed E-state index contributed by atoms with van der Waals surface area (Å²) in [4.78, 5) is 24.0. The first kappa shape index (κ1) is 21.8. The molecular formula is C20H38N2O3. The highest BCUT2D eigenvalue weighted by molar-refractivity contribution is 5.79. The number of carbonyl (C=O) groups excluding carboxylic acids is 2. The third-order valence-corrected chi connectivity index (χ3v) is 4.70. The van der Waals surface area contributed by atoms with Gasteiger partial charge in [0.2, 0.25) is 5.91 Å². The van der Waals surface area contributed by atoms with Crippen LogP contribution < -0.4 is 10.6 Å². The lowest BCUT2D eigenvalue weighted by atomic mass is 9.72. The van der Waals surface area contributed by atoms with E-state index in [1.54, 1.807) is 0 Å².